The Balaban J connectivity index is 1.61. The van der Waals surface area contributed by atoms with Crippen LogP contribution in [0.3, 0.4) is 0 Å². The smallest absolute Gasteiger partial charge is 0.265 e. The molecule has 0 saturated heterocycles. The molecule has 2 heterocycles. The van der Waals surface area contributed by atoms with Gasteiger partial charge in [-0.3, -0.25) is 13.9 Å². The van der Waals surface area contributed by atoms with Crippen LogP contribution in [0.2, 0.25) is 0 Å². The second-order valence-electron chi connectivity index (χ2n) is 7.43. The van der Waals surface area contributed by atoms with Crippen molar-refractivity contribution in [2.75, 3.05) is 18.9 Å². The summed E-state index contributed by atoms with van der Waals surface area (Å²) in [5.74, 6) is 0.989. The highest BCUT2D eigenvalue weighted by atomic mass is 32.2. The maximum Gasteiger partial charge on any atom is 0.265 e. The normalized spacial score (nSPS) is 11.4. The van der Waals surface area contributed by atoms with Crippen molar-refractivity contribution in [1.82, 2.24) is 9.38 Å². The van der Waals surface area contributed by atoms with Crippen molar-refractivity contribution in [2.24, 2.45) is 0 Å². The third-order valence-electron chi connectivity index (χ3n) is 5.04. The first-order valence-corrected chi connectivity index (χ1v) is 12.7. The Labute approximate surface area is 201 Å². The van der Waals surface area contributed by atoms with E-state index >= 15 is 0 Å². The molecule has 4 aromatic rings. The van der Waals surface area contributed by atoms with E-state index < -0.39 is 10.0 Å². The van der Waals surface area contributed by atoms with Gasteiger partial charge in [-0.1, -0.05) is 12.1 Å². The lowest BCUT2D eigenvalue weighted by atomic mass is 10.3. The molecule has 0 spiro atoms. The monoisotopic (exact) mass is 497 g/mol. The first kappa shape index (κ1) is 23.7. The lowest BCUT2D eigenvalue weighted by Gasteiger charge is -2.15. The van der Waals surface area contributed by atoms with Gasteiger partial charge < -0.3 is 9.47 Å². The number of ether oxygens (including phenoxy) is 2. The third-order valence-corrected chi connectivity index (χ3v) is 7.54. The van der Waals surface area contributed by atoms with E-state index in [2.05, 4.69) is 9.71 Å². The average molecular weight is 498 g/mol. The minimum absolute atomic E-state index is 0.0336. The fraction of sp³-hybridized carbons (Fsp3) is 0.167. The molecular formula is C24H23N3O5S2. The number of anilines is 1. The van der Waals surface area contributed by atoms with Crippen molar-refractivity contribution in [3.05, 3.63) is 88.5 Å². The number of fused-ring (bicyclic) bond motifs is 1. The number of aromatic nitrogens is 2. The maximum absolute atomic E-state index is 13.2. The standard InChI is InChI=1S/C24H23N3O5S2/c1-16-10-11-27-23(12-16)25-17(13-24(27)28)15-33-21-7-5-4-6-19(21)26-34(29,30)22-14-18(31-2)8-9-20(22)32-3/h4-14,26H,15H2,1-3H3. The summed E-state index contributed by atoms with van der Waals surface area (Å²) in [6, 6.07) is 16.8. The molecule has 8 nitrogen and oxygen atoms in total. The van der Waals surface area contributed by atoms with E-state index in [0.29, 0.717) is 33.4 Å². The van der Waals surface area contributed by atoms with Crippen LogP contribution < -0.4 is 19.8 Å². The van der Waals surface area contributed by atoms with E-state index in [1.807, 2.05) is 31.2 Å². The van der Waals surface area contributed by atoms with E-state index in [0.717, 1.165) is 5.56 Å². The van der Waals surface area contributed by atoms with Gasteiger partial charge in [0.1, 0.15) is 22.0 Å². The Hall–Kier alpha value is -3.50. The van der Waals surface area contributed by atoms with Crippen molar-refractivity contribution >= 4 is 33.1 Å². The quantitative estimate of drug-likeness (QED) is 0.366. The number of nitrogens with one attached hydrogen (secondary N) is 1. The summed E-state index contributed by atoms with van der Waals surface area (Å²) < 4.78 is 40.9. The molecule has 2 aromatic carbocycles. The Kier molecular flexibility index (Phi) is 6.80. The average Bonchev–Trinajstić information content (AvgIpc) is 2.82. The molecule has 10 heteroatoms. The van der Waals surface area contributed by atoms with Gasteiger partial charge in [0.25, 0.3) is 15.6 Å². The van der Waals surface area contributed by atoms with Crippen molar-refractivity contribution < 1.29 is 17.9 Å². The number of para-hydroxylation sites is 1. The van der Waals surface area contributed by atoms with Crippen LogP contribution in [0.1, 0.15) is 11.3 Å². The number of sulfonamides is 1. The highest BCUT2D eigenvalue weighted by Crippen LogP contribution is 2.34. The molecule has 0 atom stereocenters. The fourth-order valence-corrected chi connectivity index (χ4v) is 5.58. The molecule has 4 rings (SSSR count). The SMILES string of the molecule is COc1ccc(OC)c(S(=O)(=O)Nc2ccccc2SCc2cc(=O)n3ccc(C)cc3n2)c1. The fourth-order valence-electron chi connectivity index (χ4n) is 3.35. The third kappa shape index (κ3) is 5.02. The molecule has 0 fully saturated rings. The van der Waals surface area contributed by atoms with E-state index in [9.17, 15) is 13.2 Å². The summed E-state index contributed by atoms with van der Waals surface area (Å²) in [7, 11) is -1.10. The Morgan fingerprint density at radius 2 is 1.82 bits per heavy atom. The van der Waals surface area contributed by atoms with Crippen LogP contribution in [0, 0.1) is 6.92 Å². The zero-order valence-electron chi connectivity index (χ0n) is 18.8. The van der Waals surface area contributed by atoms with Gasteiger partial charge >= 0.3 is 0 Å². The molecule has 0 unspecified atom stereocenters. The topological polar surface area (TPSA) is 99.0 Å². The molecular weight excluding hydrogens is 474 g/mol. The van der Waals surface area contributed by atoms with Gasteiger partial charge in [-0.2, -0.15) is 0 Å². The molecule has 0 saturated carbocycles. The second-order valence-corrected chi connectivity index (χ2v) is 10.1. The first-order valence-electron chi connectivity index (χ1n) is 10.3. The number of hydrogen-bond acceptors (Lipinski definition) is 7. The van der Waals surface area contributed by atoms with Crippen LogP contribution in [-0.4, -0.2) is 32.0 Å². The Bertz CT molecular complexity index is 1520. The summed E-state index contributed by atoms with van der Waals surface area (Å²) in [6.45, 7) is 1.94. The summed E-state index contributed by atoms with van der Waals surface area (Å²) in [6.07, 6.45) is 1.70. The molecule has 0 aliphatic carbocycles. The summed E-state index contributed by atoms with van der Waals surface area (Å²) in [5.41, 5.74) is 2.42. The highest BCUT2D eigenvalue weighted by Gasteiger charge is 2.22. The van der Waals surface area contributed by atoms with Crippen molar-refractivity contribution in [2.45, 2.75) is 22.5 Å². The minimum atomic E-state index is -3.97. The highest BCUT2D eigenvalue weighted by molar-refractivity contribution is 7.98. The van der Waals surface area contributed by atoms with Crippen LogP contribution in [0.4, 0.5) is 5.69 Å². The molecule has 34 heavy (non-hydrogen) atoms. The van der Waals surface area contributed by atoms with Crippen LogP contribution in [0.15, 0.2) is 81.4 Å². The largest absolute Gasteiger partial charge is 0.497 e. The van der Waals surface area contributed by atoms with E-state index in [1.54, 1.807) is 30.5 Å². The lowest BCUT2D eigenvalue weighted by molar-refractivity contribution is 0.392. The van der Waals surface area contributed by atoms with E-state index in [4.69, 9.17) is 9.47 Å². The van der Waals surface area contributed by atoms with Gasteiger partial charge in [0.2, 0.25) is 0 Å². The number of benzene rings is 2. The minimum Gasteiger partial charge on any atom is -0.497 e. The number of aryl methyl sites for hydroxylation is 1. The van der Waals surface area contributed by atoms with Crippen molar-refractivity contribution in [3.63, 3.8) is 0 Å². The number of hydrogen-bond donors (Lipinski definition) is 1. The van der Waals surface area contributed by atoms with Gasteiger partial charge in [-0.15, -0.1) is 11.8 Å². The zero-order chi connectivity index (χ0) is 24.3. The predicted molar refractivity (Wildman–Crippen MR) is 133 cm³/mol. The number of thioether (sulfide) groups is 1. The summed E-state index contributed by atoms with van der Waals surface area (Å²) in [5, 5.41) is 0. The van der Waals surface area contributed by atoms with Gasteiger partial charge in [-0.25, -0.2) is 13.4 Å². The Morgan fingerprint density at radius 1 is 1.03 bits per heavy atom. The van der Waals surface area contributed by atoms with E-state index in [1.165, 1.54) is 42.5 Å². The molecule has 0 bridgehead atoms. The maximum atomic E-state index is 13.2. The van der Waals surface area contributed by atoms with Crippen LogP contribution in [0.25, 0.3) is 5.65 Å². The number of rotatable bonds is 8. The molecule has 176 valence electrons. The molecule has 0 amide bonds. The Morgan fingerprint density at radius 3 is 2.59 bits per heavy atom. The number of pyridine rings is 1. The number of nitrogens with zero attached hydrogens (tertiary/aromatic N) is 2. The predicted octanol–water partition coefficient (Wildman–Crippen LogP) is 4.11. The molecule has 0 aliphatic heterocycles. The van der Waals surface area contributed by atoms with Gasteiger partial charge in [0.15, 0.2) is 0 Å². The van der Waals surface area contributed by atoms with Gasteiger partial charge in [-0.05, 0) is 48.9 Å². The van der Waals surface area contributed by atoms with E-state index in [-0.39, 0.29) is 16.2 Å². The van der Waals surface area contributed by atoms with Crippen molar-refractivity contribution in [1.29, 1.82) is 0 Å². The summed E-state index contributed by atoms with van der Waals surface area (Å²) in [4.78, 5) is 17.7. The molecule has 0 radical (unpaired) electrons. The molecule has 1 N–H and O–H groups in total. The van der Waals surface area contributed by atoms with Gasteiger partial charge in [0.05, 0.1) is 25.6 Å². The lowest BCUT2D eigenvalue weighted by Crippen LogP contribution is -2.15. The van der Waals surface area contributed by atoms with Crippen LogP contribution in [0.5, 0.6) is 11.5 Å². The second kappa shape index (κ2) is 9.78. The summed E-state index contributed by atoms with van der Waals surface area (Å²) >= 11 is 1.38. The molecule has 2 aromatic heterocycles. The van der Waals surface area contributed by atoms with Crippen LogP contribution in [-0.2, 0) is 15.8 Å². The molecule has 0 aliphatic rings. The number of methoxy groups -OCH3 is 2. The van der Waals surface area contributed by atoms with Gasteiger partial charge in [0, 0.05) is 29.0 Å². The van der Waals surface area contributed by atoms with Crippen molar-refractivity contribution in [3.8, 4) is 11.5 Å². The first-order chi connectivity index (χ1) is 16.3. The zero-order valence-corrected chi connectivity index (χ0v) is 20.4. The van der Waals surface area contributed by atoms with Crippen LogP contribution >= 0.6 is 11.8 Å².